The van der Waals surface area contributed by atoms with Gasteiger partial charge in [-0.1, -0.05) is 18.5 Å². The minimum atomic E-state index is 0.666. The van der Waals surface area contributed by atoms with Crippen LogP contribution in [0.1, 0.15) is 16.8 Å². The molecule has 3 rings (SSSR count). The van der Waals surface area contributed by atoms with Crippen LogP contribution in [0.5, 0.6) is 0 Å². The average Bonchev–Trinajstić information content (AvgIpc) is 2.92. The Balaban J connectivity index is 1.83. The number of nitrogens with one attached hydrogen (secondary N) is 1. The van der Waals surface area contributed by atoms with Gasteiger partial charge in [-0.05, 0) is 24.6 Å². The molecule has 0 saturated heterocycles. The highest BCUT2D eigenvalue weighted by atomic mass is 35.5. The van der Waals surface area contributed by atoms with E-state index in [1.165, 1.54) is 4.88 Å². The normalized spacial score (nSPS) is 10.9. The molecule has 0 bridgehead atoms. The van der Waals surface area contributed by atoms with Gasteiger partial charge in [-0.2, -0.15) is 0 Å². The lowest BCUT2D eigenvalue weighted by Gasteiger charge is -2.06. The number of rotatable bonds is 4. The van der Waals surface area contributed by atoms with Gasteiger partial charge in [-0.3, -0.25) is 0 Å². The van der Waals surface area contributed by atoms with Gasteiger partial charge in [0.1, 0.15) is 17.2 Å². The summed E-state index contributed by atoms with van der Waals surface area (Å²) >= 11 is 7.70. The van der Waals surface area contributed by atoms with Crippen molar-refractivity contribution in [1.29, 1.82) is 0 Å². The molecule has 1 aromatic carbocycles. The number of fused-ring (bicyclic) bond motifs is 1. The Kier molecular flexibility index (Phi) is 3.80. The summed E-state index contributed by atoms with van der Waals surface area (Å²) in [7, 11) is 0. The van der Waals surface area contributed by atoms with Crippen LogP contribution in [0.2, 0.25) is 5.02 Å². The topological polar surface area (TPSA) is 50.7 Å². The third kappa shape index (κ3) is 2.73. The third-order valence-electron chi connectivity index (χ3n) is 2.96. The molecular weight excluding hydrogens is 292 g/mol. The second-order valence-corrected chi connectivity index (χ2v) is 5.95. The van der Waals surface area contributed by atoms with Crippen molar-refractivity contribution in [2.45, 2.75) is 19.9 Å². The fourth-order valence-electron chi connectivity index (χ4n) is 1.92. The lowest BCUT2D eigenvalue weighted by atomic mass is 10.2. The number of hydrogen-bond acceptors (Lipinski definition) is 5. The van der Waals surface area contributed by atoms with Crippen molar-refractivity contribution < 1.29 is 0 Å². The SMILES string of the molecule is CCc1cnc(CNc2ncnc3cc(Cl)ccc23)s1. The second kappa shape index (κ2) is 5.73. The van der Waals surface area contributed by atoms with Crippen molar-refractivity contribution in [3.05, 3.63) is 45.6 Å². The number of hydrogen-bond donors (Lipinski definition) is 1. The summed E-state index contributed by atoms with van der Waals surface area (Å²) in [4.78, 5) is 14.2. The maximum Gasteiger partial charge on any atom is 0.137 e. The Labute approximate surface area is 125 Å². The number of aryl methyl sites for hydroxylation is 1. The minimum Gasteiger partial charge on any atom is -0.363 e. The van der Waals surface area contributed by atoms with Crippen molar-refractivity contribution >= 4 is 39.7 Å². The predicted octanol–water partition coefficient (Wildman–Crippen LogP) is 3.91. The van der Waals surface area contributed by atoms with Crippen molar-refractivity contribution in [1.82, 2.24) is 15.0 Å². The summed E-state index contributed by atoms with van der Waals surface area (Å²) in [5.74, 6) is 0.805. The summed E-state index contributed by atoms with van der Waals surface area (Å²) in [6.07, 6.45) is 4.49. The lowest BCUT2D eigenvalue weighted by Crippen LogP contribution is -2.02. The highest BCUT2D eigenvalue weighted by Crippen LogP contribution is 2.23. The molecule has 2 heterocycles. The summed E-state index contributed by atoms with van der Waals surface area (Å²) in [5, 5.41) is 6.01. The molecule has 0 fully saturated rings. The molecule has 0 aliphatic rings. The zero-order chi connectivity index (χ0) is 13.9. The first kappa shape index (κ1) is 13.3. The first-order chi connectivity index (χ1) is 9.76. The van der Waals surface area contributed by atoms with E-state index in [9.17, 15) is 0 Å². The van der Waals surface area contributed by atoms with Gasteiger partial charge in [0, 0.05) is 21.5 Å². The van der Waals surface area contributed by atoms with Gasteiger partial charge in [-0.15, -0.1) is 11.3 Å². The molecule has 0 aliphatic carbocycles. The molecule has 20 heavy (non-hydrogen) atoms. The van der Waals surface area contributed by atoms with Gasteiger partial charge in [0.25, 0.3) is 0 Å². The smallest absolute Gasteiger partial charge is 0.137 e. The summed E-state index contributed by atoms with van der Waals surface area (Å²) in [5.41, 5.74) is 0.836. The minimum absolute atomic E-state index is 0.666. The number of thiazole rings is 1. The van der Waals surface area contributed by atoms with Gasteiger partial charge in [0.05, 0.1) is 12.1 Å². The number of aromatic nitrogens is 3. The fraction of sp³-hybridized carbons (Fsp3) is 0.214. The Hall–Kier alpha value is -1.72. The van der Waals surface area contributed by atoms with Gasteiger partial charge >= 0.3 is 0 Å². The first-order valence-electron chi connectivity index (χ1n) is 6.34. The number of halogens is 1. The molecule has 102 valence electrons. The number of anilines is 1. The lowest BCUT2D eigenvalue weighted by molar-refractivity contribution is 1.07. The zero-order valence-corrected chi connectivity index (χ0v) is 12.5. The quantitative estimate of drug-likeness (QED) is 0.794. The molecule has 2 aromatic heterocycles. The first-order valence-corrected chi connectivity index (χ1v) is 7.53. The molecule has 3 aromatic rings. The molecule has 0 saturated carbocycles. The van der Waals surface area contributed by atoms with Crippen molar-refractivity contribution in [3.63, 3.8) is 0 Å². The molecule has 0 spiro atoms. The molecule has 0 unspecified atom stereocenters. The van der Waals surface area contributed by atoms with Crippen LogP contribution in [-0.2, 0) is 13.0 Å². The highest BCUT2D eigenvalue weighted by Gasteiger charge is 2.05. The molecule has 6 heteroatoms. The van der Waals surface area contributed by atoms with Crippen molar-refractivity contribution in [2.75, 3.05) is 5.32 Å². The largest absolute Gasteiger partial charge is 0.363 e. The van der Waals surface area contributed by atoms with Gasteiger partial charge in [0.15, 0.2) is 0 Å². The number of benzene rings is 1. The standard InChI is InChI=1S/C14H13ClN4S/c1-2-10-6-16-13(20-10)7-17-14-11-4-3-9(15)5-12(11)18-8-19-14/h3-6,8H,2,7H2,1H3,(H,17,18,19). The Bertz CT molecular complexity index is 741. The van der Waals surface area contributed by atoms with Crippen LogP contribution in [0.15, 0.2) is 30.7 Å². The molecular formula is C14H13ClN4S. The van der Waals surface area contributed by atoms with Gasteiger partial charge in [0.2, 0.25) is 0 Å². The van der Waals surface area contributed by atoms with E-state index in [0.717, 1.165) is 28.1 Å². The van der Waals surface area contributed by atoms with Gasteiger partial charge < -0.3 is 5.32 Å². The molecule has 1 N–H and O–H groups in total. The molecule has 0 radical (unpaired) electrons. The number of nitrogens with zero attached hydrogens (tertiary/aromatic N) is 3. The summed E-state index contributed by atoms with van der Waals surface area (Å²) in [6, 6.07) is 5.61. The van der Waals surface area contributed by atoms with E-state index in [0.29, 0.717) is 11.6 Å². The third-order valence-corrected chi connectivity index (χ3v) is 4.33. The van der Waals surface area contributed by atoms with E-state index in [1.807, 2.05) is 24.4 Å². The van der Waals surface area contributed by atoms with Crippen LogP contribution in [0.25, 0.3) is 10.9 Å². The van der Waals surface area contributed by atoms with E-state index in [4.69, 9.17) is 11.6 Å². The van der Waals surface area contributed by atoms with E-state index in [2.05, 4.69) is 27.2 Å². The second-order valence-electron chi connectivity index (χ2n) is 4.31. The van der Waals surface area contributed by atoms with Crippen LogP contribution in [-0.4, -0.2) is 15.0 Å². The van der Waals surface area contributed by atoms with Crippen molar-refractivity contribution in [2.24, 2.45) is 0 Å². The van der Waals surface area contributed by atoms with Crippen LogP contribution >= 0.6 is 22.9 Å². The zero-order valence-electron chi connectivity index (χ0n) is 10.9. The Morgan fingerprint density at radius 3 is 2.95 bits per heavy atom. The summed E-state index contributed by atoms with van der Waals surface area (Å²) < 4.78 is 0. The maximum atomic E-state index is 5.97. The average molecular weight is 305 g/mol. The maximum absolute atomic E-state index is 5.97. The van der Waals surface area contributed by atoms with Crippen LogP contribution < -0.4 is 5.32 Å². The monoisotopic (exact) mass is 304 g/mol. The van der Waals surface area contributed by atoms with Crippen LogP contribution in [0, 0.1) is 0 Å². The molecule has 0 amide bonds. The van der Waals surface area contributed by atoms with E-state index >= 15 is 0 Å². The molecule has 0 aliphatic heterocycles. The Morgan fingerprint density at radius 1 is 1.25 bits per heavy atom. The van der Waals surface area contributed by atoms with E-state index in [-0.39, 0.29) is 0 Å². The fourth-order valence-corrected chi connectivity index (χ4v) is 2.89. The van der Waals surface area contributed by atoms with Crippen LogP contribution in [0.4, 0.5) is 5.82 Å². The highest BCUT2D eigenvalue weighted by molar-refractivity contribution is 7.11. The van der Waals surface area contributed by atoms with Gasteiger partial charge in [-0.25, -0.2) is 15.0 Å². The van der Waals surface area contributed by atoms with E-state index < -0.39 is 0 Å². The molecule has 4 nitrogen and oxygen atoms in total. The Morgan fingerprint density at radius 2 is 2.15 bits per heavy atom. The van der Waals surface area contributed by atoms with Crippen molar-refractivity contribution in [3.8, 4) is 0 Å². The summed E-state index contributed by atoms with van der Waals surface area (Å²) in [6.45, 7) is 2.80. The van der Waals surface area contributed by atoms with E-state index in [1.54, 1.807) is 17.7 Å². The van der Waals surface area contributed by atoms with Crippen LogP contribution in [0.3, 0.4) is 0 Å². The molecule has 0 atom stereocenters. The predicted molar refractivity (Wildman–Crippen MR) is 83.4 cm³/mol.